The predicted molar refractivity (Wildman–Crippen MR) is 188 cm³/mol. The third-order valence-corrected chi connectivity index (χ3v) is 9.40. The Morgan fingerprint density at radius 3 is 2.42 bits per heavy atom. The van der Waals surface area contributed by atoms with Crippen molar-refractivity contribution in [3.05, 3.63) is 124 Å². The molecule has 3 heteroatoms. The number of fused-ring (bicyclic) bond motifs is 1. The molecule has 1 N–H and O–H groups in total. The van der Waals surface area contributed by atoms with E-state index < -0.39 is 0 Å². The first-order valence-corrected chi connectivity index (χ1v) is 16.6. The van der Waals surface area contributed by atoms with Crippen molar-refractivity contribution in [2.45, 2.75) is 71.4 Å². The maximum Gasteiger partial charge on any atom is 0.0515 e. The molecule has 5 aromatic rings. The molecular weight excluding hydrogens is 544 g/mol. The van der Waals surface area contributed by atoms with Crippen LogP contribution in [0, 0.1) is 0 Å². The lowest BCUT2D eigenvalue weighted by Gasteiger charge is -2.20. The van der Waals surface area contributed by atoms with Gasteiger partial charge in [0.2, 0.25) is 0 Å². The number of aryl methyl sites for hydroxylation is 1. The van der Waals surface area contributed by atoms with Gasteiger partial charge in [-0.05, 0) is 83.7 Å². The number of allylic oxidation sites excluding steroid dienone is 5. The van der Waals surface area contributed by atoms with Gasteiger partial charge in [-0.3, -0.25) is 0 Å². The molecule has 0 amide bonds. The lowest BCUT2D eigenvalue weighted by molar-refractivity contribution is 0.592. The molecule has 43 heavy (non-hydrogen) atoms. The predicted octanol–water partition coefficient (Wildman–Crippen LogP) is 10.5. The van der Waals surface area contributed by atoms with Gasteiger partial charge in [-0.25, -0.2) is 0 Å². The normalized spacial score (nSPS) is 16.5. The highest BCUT2D eigenvalue weighted by molar-refractivity contribution is 6.32. The van der Waals surface area contributed by atoms with Crippen LogP contribution >= 0.6 is 11.6 Å². The minimum Gasteiger partial charge on any atom is -0.340 e. The van der Waals surface area contributed by atoms with Crippen LogP contribution in [0.25, 0.3) is 38.5 Å². The van der Waals surface area contributed by atoms with Crippen LogP contribution < -0.4 is 10.7 Å². The Labute approximate surface area is 261 Å². The molecular formula is C40H43ClN2. The molecule has 1 aliphatic carbocycles. The Morgan fingerprint density at radius 2 is 1.56 bits per heavy atom. The third kappa shape index (κ3) is 6.23. The second-order valence-electron chi connectivity index (χ2n) is 11.8. The summed E-state index contributed by atoms with van der Waals surface area (Å²) < 4.78 is 2.51. The molecule has 1 aromatic heterocycles. The van der Waals surface area contributed by atoms with Gasteiger partial charge < -0.3 is 9.88 Å². The van der Waals surface area contributed by atoms with E-state index in [2.05, 4.69) is 127 Å². The zero-order valence-corrected chi connectivity index (χ0v) is 26.3. The lowest BCUT2D eigenvalue weighted by Crippen LogP contribution is -2.21. The van der Waals surface area contributed by atoms with Crippen molar-refractivity contribution in [2.75, 3.05) is 6.54 Å². The van der Waals surface area contributed by atoms with E-state index in [1.165, 1.54) is 67.3 Å². The Morgan fingerprint density at radius 1 is 0.814 bits per heavy atom. The van der Waals surface area contributed by atoms with E-state index in [1.807, 2.05) is 0 Å². The topological polar surface area (TPSA) is 17.0 Å². The molecule has 1 unspecified atom stereocenters. The minimum atomic E-state index is 0.135. The monoisotopic (exact) mass is 586 g/mol. The maximum absolute atomic E-state index is 7.17. The van der Waals surface area contributed by atoms with Crippen LogP contribution in [0.15, 0.2) is 113 Å². The minimum absolute atomic E-state index is 0.135. The van der Waals surface area contributed by atoms with Gasteiger partial charge in [-0.1, -0.05) is 129 Å². The summed E-state index contributed by atoms with van der Waals surface area (Å²) >= 11 is 7.17. The number of rotatable bonds is 11. The summed E-state index contributed by atoms with van der Waals surface area (Å²) in [6.45, 7) is 6.52. The van der Waals surface area contributed by atoms with Crippen molar-refractivity contribution in [3.8, 4) is 0 Å². The molecule has 0 spiro atoms. The first kappa shape index (κ1) is 29.5. The molecule has 0 aliphatic heterocycles. The van der Waals surface area contributed by atoms with Crippen LogP contribution in [-0.4, -0.2) is 11.1 Å². The van der Waals surface area contributed by atoms with Gasteiger partial charge in [0.15, 0.2) is 0 Å². The van der Waals surface area contributed by atoms with Crippen molar-refractivity contribution in [1.29, 1.82) is 0 Å². The van der Waals surface area contributed by atoms with Gasteiger partial charge in [0.25, 0.3) is 0 Å². The van der Waals surface area contributed by atoms with Crippen LogP contribution in [0.1, 0.15) is 70.4 Å². The molecule has 0 saturated heterocycles. The number of unbranched alkanes of at least 4 members (excludes halogenated alkanes) is 2. The molecule has 0 radical (unpaired) electrons. The first-order valence-electron chi connectivity index (χ1n) is 16.2. The fourth-order valence-corrected chi connectivity index (χ4v) is 6.92. The van der Waals surface area contributed by atoms with E-state index in [0.29, 0.717) is 0 Å². The standard InChI is InChI=1S/C40H43ClN2/c1-3-5-27-42-36(34-20-10-14-29-13-7-8-19-33(29)34)25-23-31-17-9-18-32(40(31)41)24-26-37-35-21-11-15-30-16-12-22-38(39(30)35)43(37)28-6-4-2/h7-8,10-16,19-26,36,42H,3-6,9,17-18,27-28H2,1-2H3/b25-23+,32-24+,37-26+. The van der Waals surface area contributed by atoms with Crippen LogP contribution in [0.4, 0.5) is 0 Å². The Hall–Kier alpha value is -3.59. The average molecular weight is 587 g/mol. The van der Waals surface area contributed by atoms with E-state index in [0.717, 1.165) is 50.2 Å². The van der Waals surface area contributed by atoms with Gasteiger partial charge in [0, 0.05) is 33.2 Å². The summed E-state index contributed by atoms with van der Waals surface area (Å²) in [7, 11) is 0. The lowest BCUT2D eigenvalue weighted by atomic mass is 9.92. The molecule has 1 aliphatic rings. The number of aromatic nitrogens is 1. The molecule has 2 nitrogen and oxygen atoms in total. The smallest absolute Gasteiger partial charge is 0.0515 e. The first-order chi connectivity index (χ1) is 21.2. The largest absolute Gasteiger partial charge is 0.340 e. The highest BCUT2D eigenvalue weighted by Crippen LogP contribution is 2.34. The fraction of sp³-hybridized carbons (Fsp3) is 0.300. The SMILES string of the molecule is CCCCNC(/C=C/C1=C(Cl)C(=C/C=c2\c3cccc4cccc(c43)n2CCCC)/CCC1)c1cccc2ccccc12. The van der Waals surface area contributed by atoms with E-state index in [4.69, 9.17) is 11.6 Å². The van der Waals surface area contributed by atoms with Crippen molar-refractivity contribution >= 4 is 50.1 Å². The van der Waals surface area contributed by atoms with Crippen molar-refractivity contribution in [1.82, 2.24) is 9.88 Å². The highest BCUT2D eigenvalue weighted by atomic mass is 35.5. The average Bonchev–Trinajstić information content (AvgIpc) is 3.35. The van der Waals surface area contributed by atoms with Gasteiger partial charge in [0.1, 0.15) is 0 Å². The summed E-state index contributed by atoms with van der Waals surface area (Å²) in [4.78, 5) is 0. The van der Waals surface area contributed by atoms with Crippen molar-refractivity contribution in [2.24, 2.45) is 0 Å². The quantitative estimate of drug-likeness (QED) is 0.152. The summed E-state index contributed by atoms with van der Waals surface area (Å²) in [5.41, 5.74) is 5.12. The molecule has 6 rings (SSSR count). The molecule has 1 heterocycles. The van der Waals surface area contributed by atoms with E-state index >= 15 is 0 Å². The van der Waals surface area contributed by atoms with Gasteiger partial charge >= 0.3 is 0 Å². The zero-order chi connectivity index (χ0) is 29.6. The number of hydrogen-bond acceptors (Lipinski definition) is 1. The maximum atomic E-state index is 7.17. The van der Waals surface area contributed by atoms with Gasteiger partial charge in [-0.15, -0.1) is 0 Å². The summed E-state index contributed by atoms with van der Waals surface area (Å²) in [6.07, 6.45) is 17.0. The number of hydrogen-bond donors (Lipinski definition) is 1. The third-order valence-electron chi connectivity index (χ3n) is 8.92. The molecule has 0 saturated carbocycles. The van der Waals surface area contributed by atoms with Crippen LogP contribution in [0.3, 0.4) is 0 Å². The highest BCUT2D eigenvalue weighted by Gasteiger charge is 2.16. The molecule has 220 valence electrons. The van der Waals surface area contributed by atoms with Gasteiger partial charge in [-0.2, -0.15) is 0 Å². The van der Waals surface area contributed by atoms with Gasteiger partial charge in [0.05, 0.1) is 6.04 Å². The number of halogens is 1. The number of nitrogens with one attached hydrogen (secondary N) is 1. The van der Waals surface area contributed by atoms with E-state index in [9.17, 15) is 0 Å². The van der Waals surface area contributed by atoms with Crippen molar-refractivity contribution in [3.63, 3.8) is 0 Å². The van der Waals surface area contributed by atoms with Crippen LogP contribution in [-0.2, 0) is 6.54 Å². The Bertz CT molecular complexity index is 1860. The second kappa shape index (κ2) is 13.8. The summed E-state index contributed by atoms with van der Waals surface area (Å²) in [5, 5.41) is 12.6. The number of benzene rings is 4. The second-order valence-corrected chi connectivity index (χ2v) is 12.2. The van der Waals surface area contributed by atoms with Crippen LogP contribution in [0.2, 0.25) is 0 Å². The number of nitrogens with zero attached hydrogens (tertiary/aromatic N) is 1. The van der Waals surface area contributed by atoms with Crippen molar-refractivity contribution < 1.29 is 0 Å². The molecule has 0 fully saturated rings. The Kier molecular flexibility index (Phi) is 9.46. The molecule has 1 atom stereocenters. The molecule has 4 aromatic carbocycles. The fourth-order valence-electron chi connectivity index (χ4n) is 6.61. The van der Waals surface area contributed by atoms with E-state index in [1.54, 1.807) is 0 Å². The van der Waals surface area contributed by atoms with Crippen LogP contribution in [0.5, 0.6) is 0 Å². The molecule has 0 bridgehead atoms. The summed E-state index contributed by atoms with van der Waals surface area (Å²) in [6, 6.07) is 28.8. The van der Waals surface area contributed by atoms with E-state index in [-0.39, 0.29) is 6.04 Å². The zero-order valence-electron chi connectivity index (χ0n) is 25.6. The Balaban J connectivity index is 1.37. The summed E-state index contributed by atoms with van der Waals surface area (Å²) in [5.74, 6) is 0.